The lowest BCUT2D eigenvalue weighted by Crippen LogP contribution is -2.46. The molecule has 0 bridgehead atoms. The minimum absolute atomic E-state index is 0.0368. The molecule has 2 amide bonds. The molecule has 2 aromatic rings. The second-order valence-corrected chi connectivity index (χ2v) is 8.62. The Morgan fingerprint density at radius 3 is 2.48 bits per heavy atom. The quantitative estimate of drug-likeness (QED) is 0.573. The van der Waals surface area contributed by atoms with Crippen LogP contribution >= 0.6 is 0 Å². The van der Waals surface area contributed by atoms with E-state index in [1.54, 1.807) is 16.1 Å². The summed E-state index contributed by atoms with van der Waals surface area (Å²) in [5.74, 6) is 0.775. The highest BCUT2D eigenvalue weighted by molar-refractivity contribution is 5.96. The van der Waals surface area contributed by atoms with Gasteiger partial charge in [0.1, 0.15) is 12.3 Å². The summed E-state index contributed by atoms with van der Waals surface area (Å²) < 4.78 is 11.2. The highest BCUT2D eigenvalue weighted by Gasteiger charge is 2.27. The summed E-state index contributed by atoms with van der Waals surface area (Å²) >= 11 is 0. The van der Waals surface area contributed by atoms with Gasteiger partial charge in [0.25, 0.3) is 5.91 Å². The predicted octanol–water partition coefficient (Wildman–Crippen LogP) is 4.15. The average Bonchev–Trinajstić information content (AvgIpc) is 3.46. The Labute approximate surface area is 185 Å². The van der Waals surface area contributed by atoms with Crippen molar-refractivity contribution in [3.8, 4) is 0 Å². The molecule has 1 aromatic carbocycles. The fourth-order valence-electron chi connectivity index (χ4n) is 3.87. The van der Waals surface area contributed by atoms with Gasteiger partial charge in [-0.15, -0.1) is 0 Å². The van der Waals surface area contributed by atoms with Gasteiger partial charge in [0.05, 0.1) is 18.9 Å². The van der Waals surface area contributed by atoms with Gasteiger partial charge in [-0.05, 0) is 55.0 Å². The van der Waals surface area contributed by atoms with Crippen LogP contribution in [0.4, 0.5) is 0 Å². The third-order valence-electron chi connectivity index (χ3n) is 5.54. The van der Waals surface area contributed by atoms with Crippen LogP contribution in [0, 0.1) is 5.92 Å². The van der Waals surface area contributed by atoms with Gasteiger partial charge in [0.15, 0.2) is 0 Å². The topological polar surface area (TPSA) is 63.0 Å². The lowest BCUT2D eigenvalue weighted by atomic mass is 10.1. The molecule has 1 aromatic heterocycles. The molecule has 6 nitrogen and oxygen atoms in total. The van der Waals surface area contributed by atoms with E-state index in [2.05, 4.69) is 20.8 Å². The fourth-order valence-corrected chi connectivity index (χ4v) is 3.87. The van der Waals surface area contributed by atoms with E-state index in [0.29, 0.717) is 25.2 Å². The molecule has 0 saturated carbocycles. The Hall–Kier alpha value is -2.60. The maximum atomic E-state index is 13.3. The van der Waals surface area contributed by atoms with E-state index in [1.165, 1.54) is 5.56 Å². The molecule has 0 spiro atoms. The van der Waals surface area contributed by atoms with Gasteiger partial charge >= 0.3 is 0 Å². The molecular weight excluding hydrogens is 392 g/mol. The minimum Gasteiger partial charge on any atom is -0.467 e. The molecule has 1 aliphatic rings. The summed E-state index contributed by atoms with van der Waals surface area (Å²) in [6, 6.07) is 11.3. The number of hydrogen-bond acceptors (Lipinski definition) is 4. The lowest BCUT2D eigenvalue weighted by molar-refractivity contribution is -0.134. The molecule has 0 aliphatic carbocycles. The highest BCUT2D eigenvalue weighted by Crippen LogP contribution is 2.17. The molecule has 1 atom stereocenters. The molecule has 6 heteroatoms. The Kier molecular flexibility index (Phi) is 8.29. The second kappa shape index (κ2) is 11.1. The van der Waals surface area contributed by atoms with Crippen molar-refractivity contribution in [1.29, 1.82) is 0 Å². The van der Waals surface area contributed by atoms with Gasteiger partial charge in [-0.25, -0.2) is 0 Å². The number of aryl methyl sites for hydroxylation is 1. The van der Waals surface area contributed by atoms with Crippen LogP contribution in [0.1, 0.15) is 55.3 Å². The second-order valence-electron chi connectivity index (χ2n) is 8.62. The standard InChI is InChI=1S/C25H34N2O4/c1-4-20-9-11-21(12-10-20)25(29)27(15-19(2)3)18-24(28)26(16-22-7-5-13-30-22)17-23-8-6-14-31-23/h5,7,9-13,19,23H,4,6,8,14-18H2,1-3H3. The van der Waals surface area contributed by atoms with Gasteiger partial charge in [0, 0.05) is 25.3 Å². The van der Waals surface area contributed by atoms with Crippen LogP contribution in [0.5, 0.6) is 0 Å². The third-order valence-corrected chi connectivity index (χ3v) is 5.54. The number of carbonyl (C=O) groups is 2. The van der Waals surface area contributed by atoms with E-state index in [-0.39, 0.29) is 30.4 Å². The van der Waals surface area contributed by atoms with Crippen molar-refractivity contribution >= 4 is 11.8 Å². The summed E-state index contributed by atoms with van der Waals surface area (Å²) in [5.41, 5.74) is 1.80. The lowest BCUT2D eigenvalue weighted by Gasteiger charge is -2.29. The van der Waals surface area contributed by atoms with E-state index >= 15 is 0 Å². The van der Waals surface area contributed by atoms with Crippen LogP contribution < -0.4 is 0 Å². The van der Waals surface area contributed by atoms with E-state index in [0.717, 1.165) is 31.6 Å². The number of carbonyl (C=O) groups excluding carboxylic acids is 2. The zero-order valence-corrected chi connectivity index (χ0v) is 18.9. The molecule has 0 radical (unpaired) electrons. The SMILES string of the molecule is CCc1ccc(C(=O)N(CC(=O)N(Cc2ccco2)CC2CCCO2)CC(C)C)cc1. The summed E-state index contributed by atoms with van der Waals surface area (Å²) in [6.45, 7) is 8.38. The van der Waals surface area contributed by atoms with Gasteiger partial charge in [-0.3, -0.25) is 9.59 Å². The first-order chi connectivity index (χ1) is 15.0. The normalized spacial score (nSPS) is 15.9. The summed E-state index contributed by atoms with van der Waals surface area (Å²) in [6.07, 6.45) is 4.53. The highest BCUT2D eigenvalue weighted by atomic mass is 16.5. The molecule has 168 valence electrons. The number of rotatable bonds is 10. The zero-order chi connectivity index (χ0) is 22.2. The first kappa shape index (κ1) is 23.1. The van der Waals surface area contributed by atoms with Gasteiger partial charge < -0.3 is 19.0 Å². The molecule has 31 heavy (non-hydrogen) atoms. The molecule has 1 unspecified atom stereocenters. The van der Waals surface area contributed by atoms with Crippen LogP contribution in [0.15, 0.2) is 47.1 Å². The van der Waals surface area contributed by atoms with Crippen molar-refractivity contribution in [2.75, 3.05) is 26.2 Å². The monoisotopic (exact) mass is 426 g/mol. The predicted molar refractivity (Wildman–Crippen MR) is 120 cm³/mol. The Balaban J connectivity index is 1.74. The van der Waals surface area contributed by atoms with Crippen LogP contribution in [0.2, 0.25) is 0 Å². The summed E-state index contributed by atoms with van der Waals surface area (Å²) in [7, 11) is 0. The molecule has 1 fully saturated rings. The van der Waals surface area contributed by atoms with Crippen molar-refractivity contribution in [3.63, 3.8) is 0 Å². The van der Waals surface area contributed by atoms with Crippen LogP contribution in [-0.4, -0.2) is 54.0 Å². The van der Waals surface area contributed by atoms with Gasteiger partial charge in [-0.2, -0.15) is 0 Å². The molecule has 2 heterocycles. The number of furan rings is 1. The number of hydrogen-bond donors (Lipinski definition) is 0. The van der Waals surface area contributed by atoms with Crippen molar-refractivity contribution in [3.05, 3.63) is 59.5 Å². The minimum atomic E-state index is -0.111. The molecular formula is C25H34N2O4. The van der Waals surface area contributed by atoms with Crippen molar-refractivity contribution in [2.24, 2.45) is 5.92 Å². The van der Waals surface area contributed by atoms with Gasteiger partial charge in [-0.1, -0.05) is 32.9 Å². The van der Waals surface area contributed by atoms with Crippen molar-refractivity contribution in [1.82, 2.24) is 9.80 Å². The van der Waals surface area contributed by atoms with Crippen molar-refractivity contribution in [2.45, 2.75) is 52.7 Å². The van der Waals surface area contributed by atoms with E-state index in [1.807, 2.05) is 36.4 Å². The number of nitrogens with zero attached hydrogens (tertiary/aromatic N) is 2. The summed E-state index contributed by atoms with van der Waals surface area (Å²) in [4.78, 5) is 30.0. The van der Waals surface area contributed by atoms with Crippen LogP contribution in [-0.2, 0) is 22.5 Å². The Morgan fingerprint density at radius 2 is 1.90 bits per heavy atom. The number of benzene rings is 1. The molecule has 1 saturated heterocycles. The maximum Gasteiger partial charge on any atom is 0.254 e. The first-order valence-corrected chi connectivity index (χ1v) is 11.3. The molecule has 0 N–H and O–H groups in total. The fraction of sp³-hybridized carbons (Fsp3) is 0.520. The Morgan fingerprint density at radius 1 is 1.13 bits per heavy atom. The smallest absolute Gasteiger partial charge is 0.254 e. The van der Waals surface area contributed by atoms with Crippen molar-refractivity contribution < 1.29 is 18.7 Å². The summed E-state index contributed by atoms with van der Waals surface area (Å²) in [5, 5.41) is 0. The maximum absolute atomic E-state index is 13.3. The Bertz CT molecular complexity index is 824. The van der Waals surface area contributed by atoms with E-state index < -0.39 is 0 Å². The van der Waals surface area contributed by atoms with Crippen LogP contribution in [0.25, 0.3) is 0 Å². The molecule has 1 aliphatic heterocycles. The first-order valence-electron chi connectivity index (χ1n) is 11.3. The number of amides is 2. The zero-order valence-electron chi connectivity index (χ0n) is 18.9. The van der Waals surface area contributed by atoms with Crippen LogP contribution in [0.3, 0.4) is 0 Å². The van der Waals surface area contributed by atoms with E-state index in [4.69, 9.17) is 9.15 Å². The van der Waals surface area contributed by atoms with E-state index in [9.17, 15) is 9.59 Å². The third kappa shape index (κ3) is 6.69. The average molecular weight is 427 g/mol. The van der Waals surface area contributed by atoms with Gasteiger partial charge in [0.2, 0.25) is 5.91 Å². The molecule has 3 rings (SSSR count). The number of ether oxygens (including phenoxy) is 1. The largest absolute Gasteiger partial charge is 0.467 e.